The lowest BCUT2D eigenvalue weighted by molar-refractivity contribution is -0.384. The summed E-state index contributed by atoms with van der Waals surface area (Å²) in [5, 5.41) is 14.1. The molecule has 1 N–H and O–H groups in total. The first kappa shape index (κ1) is 23.1. The molecule has 1 unspecified atom stereocenters. The summed E-state index contributed by atoms with van der Waals surface area (Å²) in [4.78, 5) is 42.9. The van der Waals surface area contributed by atoms with E-state index in [2.05, 4.69) is 10.3 Å². The van der Waals surface area contributed by atoms with Gasteiger partial charge in [-0.25, -0.2) is 4.99 Å². The van der Waals surface area contributed by atoms with Gasteiger partial charge in [-0.1, -0.05) is 72.0 Å². The molecule has 4 aromatic rings. The van der Waals surface area contributed by atoms with Gasteiger partial charge < -0.3 is 5.32 Å². The van der Waals surface area contributed by atoms with E-state index in [4.69, 9.17) is 0 Å². The van der Waals surface area contributed by atoms with E-state index in [0.29, 0.717) is 31.9 Å². The highest BCUT2D eigenvalue weighted by Gasteiger charge is 2.32. The van der Waals surface area contributed by atoms with E-state index in [-0.39, 0.29) is 17.2 Å². The number of fused-ring (bicyclic) bond motifs is 1. The molecular weight excluding hydrogens is 476 g/mol. The van der Waals surface area contributed by atoms with E-state index in [1.165, 1.54) is 28.0 Å². The van der Waals surface area contributed by atoms with Crippen LogP contribution in [0, 0.1) is 10.1 Å². The number of aromatic nitrogens is 1. The lowest BCUT2D eigenvalue weighted by atomic mass is 9.95. The Balaban J connectivity index is 1.66. The van der Waals surface area contributed by atoms with E-state index >= 15 is 0 Å². The topological polar surface area (TPSA) is 107 Å². The fourth-order valence-corrected chi connectivity index (χ4v) is 5.21. The average Bonchev–Trinajstić information content (AvgIpc) is 3.18. The van der Waals surface area contributed by atoms with Gasteiger partial charge in [0, 0.05) is 17.8 Å². The number of carbonyl (C=O) groups excluding carboxylic acids is 1. The lowest BCUT2D eigenvalue weighted by Gasteiger charge is -2.25. The summed E-state index contributed by atoms with van der Waals surface area (Å²) >= 11 is 1.18. The molecular formula is C27H20N4O4S. The second kappa shape index (κ2) is 9.55. The minimum absolute atomic E-state index is 0.0607. The molecule has 1 amide bonds. The molecule has 1 aliphatic heterocycles. The van der Waals surface area contributed by atoms with Crippen molar-refractivity contribution in [3.8, 4) is 0 Å². The first-order chi connectivity index (χ1) is 17.4. The average molecular weight is 497 g/mol. The van der Waals surface area contributed by atoms with Gasteiger partial charge in [0.15, 0.2) is 4.80 Å². The largest absolute Gasteiger partial charge is 0.322 e. The Morgan fingerprint density at radius 1 is 1.06 bits per heavy atom. The number of nitrogens with zero attached hydrogens (tertiary/aromatic N) is 3. The van der Waals surface area contributed by atoms with Crippen LogP contribution in [-0.4, -0.2) is 15.4 Å². The van der Waals surface area contributed by atoms with Crippen molar-refractivity contribution in [3.63, 3.8) is 0 Å². The summed E-state index contributed by atoms with van der Waals surface area (Å²) < 4.78 is 1.89. The summed E-state index contributed by atoms with van der Waals surface area (Å²) in [5.74, 6) is -0.343. The zero-order chi connectivity index (χ0) is 25.2. The summed E-state index contributed by atoms with van der Waals surface area (Å²) in [6.45, 7) is 1.76. The fourth-order valence-electron chi connectivity index (χ4n) is 4.16. The van der Waals surface area contributed by atoms with Gasteiger partial charge in [-0.05, 0) is 36.3 Å². The van der Waals surface area contributed by atoms with Gasteiger partial charge in [-0.3, -0.25) is 24.3 Å². The molecule has 1 atom stereocenters. The molecule has 36 heavy (non-hydrogen) atoms. The molecule has 0 spiro atoms. The molecule has 3 aromatic carbocycles. The van der Waals surface area contributed by atoms with Crippen molar-refractivity contribution in [3.05, 3.63) is 137 Å². The van der Waals surface area contributed by atoms with Crippen molar-refractivity contribution in [1.82, 2.24) is 4.57 Å². The molecule has 0 fully saturated rings. The molecule has 1 aliphatic rings. The van der Waals surface area contributed by atoms with Crippen molar-refractivity contribution >= 4 is 34.7 Å². The highest BCUT2D eigenvalue weighted by Crippen LogP contribution is 2.30. The Kier molecular flexibility index (Phi) is 6.14. The Labute approximate surface area is 209 Å². The number of nitro benzene ring substituents is 1. The number of carbonyl (C=O) groups is 1. The Hall–Kier alpha value is -4.63. The third-order valence-corrected chi connectivity index (χ3v) is 6.78. The molecule has 0 saturated carbocycles. The predicted molar refractivity (Wildman–Crippen MR) is 138 cm³/mol. The van der Waals surface area contributed by atoms with Gasteiger partial charge in [0.25, 0.3) is 17.2 Å². The monoisotopic (exact) mass is 496 g/mol. The van der Waals surface area contributed by atoms with Crippen molar-refractivity contribution < 1.29 is 9.72 Å². The van der Waals surface area contributed by atoms with Crippen LogP contribution >= 0.6 is 11.3 Å². The van der Waals surface area contributed by atoms with Gasteiger partial charge in [0.05, 0.1) is 26.8 Å². The second-order valence-electron chi connectivity index (χ2n) is 8.16. The maximum absolute atomic E-state index is 13.6. The summed E-state index contributed by atoms with van der Waals surface area (Å²) in [6, 6.07) is 23.8. The third kappa shape index (κ3) is 4.39. The first-order valence-corrected chi connectivity index (χ1v) is 11.9. The minimum atomic E-state index is -0.682. The highest BCUT2D eigenvalue weighted by atomic mass is 32.1. The summed E-state index contributed by atoms with van der Waals surface area (Å²) in [5.41, 5.74) is 2.44. The third-order valence-electron chi connectivity index (χ3n) is 5.79. The number of amides is 1. The smallest absolute Gasteiger partial charge is 0.271 e. The van der Waals surface area contributed by atoms with Crippen LogP contribution in [0.4, 0.5) is 11.4 Å². The highest BCUT2D eigenvalue weighted by molar-refractivity contribution is 7.07. The number of hydrogen-bond donors (Lipinski definition) is 1. The maximum Gasteiger partial charge on any atom is 0.271 e. The molecule has 5 rings (SSSR count). The number of hydrogen-bond acceptors (Lipinski definition) is 6. The lowest BCUT2D eigenvalue weighted by Crippen LogP contribution is -2.40. The number of thiazole rings is 1. The number of para-hydroxylation sites is 1. The van der Waals surface area contributed by atoms with Crippen LogP contribution in [0.1, 0.15) is 24.1 Å². The number of anilines is 1. The van der Waals surface area contributed by atoms with E-state index in [0.717, 1.165) is 5.56 Å². The van der Waals surface area contributed by atoms with Crippen molar-refractivity contribution in [2.75, 3.05) is 5.32 Å². The van der Waals surface area contributed by atoms with Gasteiger partial charge in [-0.2, -0.15) is 0 Å². The molecule has 2 heterocycles. The van der Waals surface area contributed by atoms with Crippen LogP contribution in [0.25, 0.3) is 6.08 Å². The zero-order valence-corrected chi connectivity index (χ0v) is 19.9. The Morgan fingerprint density at radius 2 is 1.75 bits per heavy atom. The normalized spacial score (nSPS) is 15.2. The van der Waals surface area contributed by atoms with Crippen LogP contribution in [0.3, 0.4) is 0 Å². The van der Waals surface area contributed by atoms with Crippen LogP contribution in [0.2, 0.25) is 0 Å². The first-order valence-electron chi connectivity index (χ1n) is 11.1. The number of nitro groups is 1. The molecule has 178 valence electrons. The zero-order valence-electron chi connectivity index (χ0n) is 19.1. The fraction of sp³-hybridized carbons (Fsp3) is 0.0741. The molecule has 8 nitrogen and oxygen atoms in total. The van der Waals surface area contributed by atoms with Crippen LogP contribution < -0.4 is 20.2 Å². The number of rotatable bonds is 5. The number of benzene rings is 3. The molecule has 9 heteroatoms. The maximum atomic E-state index is 13.6. The van der Waals surface area contributed by atoms with E-state index in [9.17, 15) is 19.7 Å². The van der Waals surface area contributed by atoms with E-state index in [1.54, 1.807) is 37.3 Å². The molecule has 1 aromatic heterocycles. The van der Waals surface area contributed by atoms with Gasteiger partial charge in [0.2, 0.25) is 0 Å². The Morgan fingerprint density at radius 3 is 2.44 bits per heavy atom. The van der Waals surface area contributed by atoms with Gasteiger partial charge in [0.1, 0.15) is 0 Å². The molecule has 0 aliphatic carbocycles. The van der Waals surface area contributed by atoms with Crippen molar-refractivity contribution in [2.45, 2.75) is 13.0 Å². The van der Waals surface area contributed by atoms with Crippen LogP contribution in [-0.2, 0) is 4.79 Å². The van der Waals surface area contributed by atoms with Crippen LogP contribution in [0.5, 0.6) is 0 Å². The van der Waals surface area contributed by atoms with Gasteiger partial charge in [-0.15, -0.1) is 0 Å². The standard InChI is InChI=1S/C27H20N4O4S/c1-17-23(25(32)29-20-12-6-3-7-13-20)24(19-10-4-2-5-11-19)30-26(33)22(36-27(30)28-17)16-18-9-8-14-21(15-18)31(34)35/h2-16,24H,1H3,(H,29,32)/b22-16+. The van der Waals surface area contributed by atoms with Gasteiger partial charge >= 0.3 is 0 Å². The number of allylic oxidation sites excluding steroid dienone is 1. The second-order valence-corrected chi connectivity index (χ2v) is 9.17. The van der Waals surface area contributed by atoms with E-state index < -0.39 is 11.0 Å². The quantitative estimate of drug-likeness (QED) is 0.335. The summed E-state index contributed by atoms with van der Waals surface area (Å²) in [6.07, 6.45) is 1.61. The summed E-state index contributed by atoms with van der Waals surface area (Å²) in [7, 11) is 0. The SMILES string of the molecule is CC1=C(C(=O)Nc2ccccc2)C(c2ccccc2)n2c(s/c(=C/c3cccc([N+](=O)[O-])c3)c2=O)=N1. The molecule has 0 radical (unpaired) electrons. The van der Waals surface area contributed by atoms with Crippen LogP contribution in [0.15, 0.2) is 106 Å². The predicted octanol–water partition coefficient (Wildman–Crippen LogP) is 3.78. The van der Waals surface area contributed by atoms with E-state index in [1.807, 2.05) is 48.5 Å². The van der Waals surface area contributed by atoms with Crippen molar-refractivity contribution in [1.29, 1.82) is 0 Å². The molecule has 0 bridgehead atoms. The molecule has 0 saturated heterocycles. The van der Waals surface area contributed by atoms with Crippen molar-refractivity contribution in [2.24, 2.45) is 4.99 Å². The number of nitrogens with one attached hydrogen (secondary N) is 1. The Bertz CT molecular complexity index is 1690. The number of non-ortho nitro benzene ring substituents is 1. The minimum Gasteiger partial charge on any atom is -0.322 e.